The highest BCUT2D eigenvalue weighted by molar-refractivity contribution is 5.65. The second-order valence-corrected chi connectivity index (χ2v) is 5.13. The number of ether oxygens (including phenoxy) is 1. The van der Waals surface area contributed by atoms with Crippen molar-refractivity contribution in [2.45, 2.75) is 19.4 Å². The fraction of sp³-hybridized carbons (Fsp3) is 0.400. The smallest absolute Gasteiger partial charge is 0.0568 e. The Morgan fingerprint density at radius 1 is 1.26 bits per heavy atom. The Labute approximate surface area is 113 Å². The molecule has 4 nitrogen and oxygen atoms in total. The van der Waals surface area contributed by atoms with Crippen LogP contribution in [0.2, 0.25) is 0 Å². The van der Waals surface area contributed by atoms with Crippen molar-refractivity contribution in [3.63, 3.8) is 0 Å². The first-order valence-corrected chi connectivity index (χ1v) is 6.77. The van der Waals surface area contributed by atoms with E-state index in [1.165, 1.54) is 0 Å². The minimum Gasteiger partial charge on any atom is -0.399 e. The average Bonchev–Trinajstić information content (AvgIpc) is 2.88. The van der Waals surface area contributed by atoms with Crippen LogP contribution in [-0.2, 0) is 11.3 Å². The summed E-state index contributed by atoms with van der Waals surface area (Å²) in [5.41, 5.74) is 8.85. The van der Waals surface area contributed by atoms with Gasteiger partial charge in [-0.25, -0.2) is 0 Å². The number of nitrogens with two attached hydrogens (primary N) is 1. The fourth-order valence-corrected chi connectivity index (χ4v) is 2.52. The van der Waals surface area contributed by atoms with Gasteiger partial charge in [0.1, 0.15) is 0 Å². The fourth-order valence-electron chi connectivity index (χ4n) is 2.52. The van der Waals surface area contributed by atoms with Gasteiger partial charge in [-0.3, -0.25) is 4.68 Å². The van der Waals surface area contributed by atoms with Crippen molar-refractivity contribution in [3.05, 3.63) is 36.7 Å². The Morgan fingerprint density at radius 2 is 2.11 bits per heavy atom. The number of hydrogen-bond acceptors (Lipinski definition) is 3. The Balaban J connectivity index is 1.72. The summed E-state index contributed by atoms with van der Waals surface area (Å²) in [7, 11) is 0. The van der Waals surface area contributed by atoms with E-state index in [2.05, 4.69) is 17.4 Å². The van der Waals surface area contributed by atoms with Gasteiger partial charge in [-0.15, -0.1) is 0 Å². The van der Waals surface area contributed by atoms with E-state index < -0.39 is 0 Å². The molecule has 3 rings (SSSR count). The van der Waals surface area contributed by atoms with E-state index >= 15 is 0 Å². The van der Waals surface area contributed by atoms with Crippen LogP contribution in [0.3, 0.4) is 0 Å². The number of aromatic nitrogens is 2. The Bertz CT molecular complexity index is 544. The summed E-state index contributed by atoms with van der Waals surface area (Å²) in [5, 5.41) is 4.45. The molecule has 0 spiro atoms. The first-order valence-electron chi connectivity index (χ1n) is 6.77. The van der Waals surface area contributed by atoms with Crippen LogP contribution in [-0.4, -0.2) is 23.0 Å². The van der Waals surface area contributed by atoms with Gasteiger partial charge in [0, 0.05) is 37.2 Å². The molecule has 1 aromatic carbocycles. The molecule has 0 bridgehead atoms. The molecule has 19 heavy (non-hydrogen) atoms. The van der Waals surface area contributed by atoms with Gasteiger partial charge in [-0.1, -0.05) is 12.1 Å². The third-order valence-corrected chi connectivity index (χ3v) is 3.64. The molecule has 2 aromatic rings. The molecule has 1 fully saturated rings. The zero-order valence-electron chi connectivity index (χ0n) is 11.0. The monoisotopic (exact) mass is 257 g/mol. The first-order chi connectivity index (χ1) is 9.31. The van der Waals surface area contributed by atoms with Crippen molar-refractivity contribution in [1.82, 2.24) is 9.78 Å². The molecule has 2 heterocycles. The lowest BCUT2D eigenvalue weighted by molar-refractivity contribution is 0.0601. The molecule has 0 unspecified atom stereocenters. The highest BCUT2D eigenvalue weighted by Crippen LogP contribution is 2.22. The number of anilines is 1. The Hall–Kier alpha value is -1.81. The minimum atomic E-state index is 0.683. The lowest BCUT2D eigenvalue weighted by Gasteiger charge is -2.21. The Kier molecular flexibility index (Phi) is 3.51. The van der Waals surface area contributed by atoms with Crippen molar-refractivity contribution >= 4 is 5.69 Å². The van der Waals surface area contributed by atoms with Gasteiger partial charge < -0.3 is 10.5 Å². The highest BCUT2D eigenvalue weighted by Gasteiger charge is 2.14. The summed E-state index contributed by atoms with van der Waals surface area (Å²) < 4.78 is 7.42. The van der Waals surface area contributed by atoms with Crippen LogP contribution >= 0.6 is 0 Å². The minimum absolute atomic E-state index is 0.683. The highest BCUT2D eigenvalue weighted by atomic mass is 16.5. The summed E-state index contributed by atoms with van der Waals surface area (Å²) in [6.07, 6.45) is 6.28. The van der Waals surface area contributed by atoms with Crippen molar-refractivity contribution in [3.8, 4) is 11.1 Å². The average molecular weight is 257 g/mol. The van der Waals surface area contributed by atoms with Crippen LogP contribution in [0.1, 0.15) is 12.8 Å². The molecule has 0 amide bonds. The van der Waals surface area contributed by atoms with Crippen LogP contribution in [0.4, 0.5) is 5.69 Å². The van der Waals surface area contributed by atoms with Crippen LogP contribution in [0.5, 0.6) is 0 Å². The Morgan fingerprint density at radius 3 is 2.89 bits per heavy atom. The molecule has 0 atom stereocenters. The molecule has 1 aliphatic heterocycles. The number of nitrogen functional groups attached to an aromatic ring is 1. The van der Waals surface area contributed by atoms with E-state index in [1.54, 1.807) is 0 Å². The van der Waals surface area contributed by atoms with Gasteiger partial charge in [-0.05, 0) is 36.5 Å². The van der Waals surface area contributed by atoms with Gasteiger partial charge in [0.2, 0.25) is 0 Å². The quantitative estimate of drug-likeness (QED) is 0.860. The summed E-state index contributed by atoms with van der Waals surface area (Å²) in [4.78, 5) is 0. The van der Waals surface area contributed by atoms with E-state index in [9.17, 15) is 0 Å². The van der Waals surface area contributed by atoms with E-state index in [4.69, 9.17) is 10.5 Å². The van der Waals surface area contributed by atoms with E-state index in [0.717, 1.165) is 49.4 Å². The van der Waals surface area contributed by atoms with E-state index in [0.29, 0.717) is 5.92 Å². The first kappa shape index (κ1) is 12.2. The van der Waals surface area contributed by atoms with Gasteiger partial charge in [0.15, 0.2) is 0 Å². The number of benzene rings is 1. The molecule has 1 saturated heterocycles. The summed E-state index contributed by atoms with van der Waals surface area (Å²) in [6, 6.07) is 7.92. The van der Waals surface area contributed by atoms with Crippen LogP contribution in [0.25, 0.3) is 11.1 Å². The topological polar surface area (TPSA) is 53.1 Å². The SMILES string of the molecule is Nc1cccc(-c2cnn(CC3CCOCC3)c2)c1. The zero-order valence-corrected chi connectivity index (χ0v) is 11.0. The molecule has 0 aliphatic carbocycles. The van der Waals surface area contributed by atoms with Crippen molar-refractivity contribution in [1.29, 1.82) is 0 Å². The molecule has 2 N–H and O–H groups in total. The number of rotatable bonds is 3. The van der Waals surface area contributed by atoms with E-state index in [1.807, 2.05) is 29.1 Å². The second kappa shape index (κ2) is 5.45. The molecule has 0 radical (unpaired) electrons. The third kappa shape index (κ3) is 2.96. The van der Waals surface area contributed by atoms with Crippen LogP contribution in [0.15, 0.2) is 36.7 Å². The maximum atomic E-state index is 5.81. The predicted molar refractivity (Wildman–Crippen MR) is 75.6 cm³/mol. The van der Waals surface area contributed by atoms with Crippen LogP contribution in [0, 0.1) is 5.92 Å². The number of nitrogens with zero attached hydrogens (tertiary/aromatic N) is 2. The van der Waals surface area contributed by atoms with Crippen molar-refractivity contribution < 1.29 is 4.74 Å². The second-order valence-electron chi connectivity index (χ2n) is 5.13. The van der Waals surface area contributed by atoms with Crippen LogP contribution < -0.4 is 5.73 Å². The maximum Gasteiger partial charge on any atom is 0.0568 e. The molecular weight excluding hydrogens is 238 g/mol. The normalized spacial score (nSPS) is 16.6. The van der Waals surface area contributed by atoms with Gasteiger partial charge in [0.05, 0.1) is 6.20 Å². The molecule has 100 valence electrons. The maximum absolute atomic E-state index is 5.81. The molecule has 4 heteroatoms. The van der Waals surface area contributed by atoms with Crippen molar-refractivity contribution in [2.75, 3.05) is 18.9 Å². The third-order valence-electron chi connectivity index (χ3n) is 3.64. The van der Waals surface area contributed by atoms with Gasteiger partial charge >= 0.3 is 0 Å². The zero-order chi connectivity index (χ0) is 13.1. The van der Waals surface area contributed by atoms with Gasteiger partial charge in [0.25, 0.3) is 0 Å². The molecule has 0 saturated carbocycles. The summed E-state index contributed by atoms with van der Waals surface area (Å²) in [5.74, 6) is 0.683. The standard InChI is InChI=1S/C15H19N3O/c16-15-3-1-2-13(8-15)14-9-17-18(11-14)10-12-4-6-19-7-5-12/h1-3,8-9,11-12H,4-7,10,16H2. The predicted octanol–water partition coefficient (Wildman–Crippen LogP) is 2.56. The lowest BCUT2D eigenvalue weighted by atomic mass is 10.0. The summed E-state index contributed by atoms with van der Waals surface area (Å²) in [6.45, 7) is 2.74. The number of hydrogen-bond donors (Lipinski definition) is 1. The largest absolute Gasteiger partial charge is 0.399 e. The van der Waals surface area contributed by atoms with Crippen molar-refractivity contribution in [2.24, 2.45) is 5.92 Å². The molecule has 1 aromatic heterocycles. The van der Waals surface area contributed by atoms with Gasteiger partial charge in [-0.2, -0.15) is 5.10 Å². The summed E-state index contributed by atoms with van der Waals surface area (Å²) >= 11 is 0. The molecular formula is C15H19N3O. The molecule has 1 aliphatic rings. The lowest BCUT2D eigenvalue weighted by Crippen LogP contribution is -2.20. The van der Waals surface area contributed by atoms with E-state index in [-0.39, 0.29) is 0 Å².